The number of amides is 1. The third-order valence-corrected chi connectivity index (χ3v) is 9.80. The molecule has 41 heavy (non-hydrogen) atoms. The average Bonchev–Trinajstić information content (AvgIpc) is 3.58. The van der Waals surface area contributed by atoms with Gasteiger partial charge in [-0.05, 0) is 83.6 Å². The SMILES string of the molecule is COC[C@H](C)Nc1ncc2c(-c3cnn(C(C)(C)C(=O)N4CCCC5(CCC5)C4)c3)cc(C3CCC(O)CC3)n2n1. The van der Waals surface area contributed by atoms with E-state index in [4.69, 9.17) is 14.9 Å². The summed E-state index contributed by atoms with van der Waals surface area (Å²) in [5.41, 5.74) is 3.53. The van der Waals surface area contributed by atoms with Gasteiger partial charge in [0.15, 0.2) is 0 Å². The summed E-state index contributed by atoms with van der Waals surface area (Å²) in [4.78, 5) is 20.5. The Labute approximate surface area is 242 Å². The van der Waals surface area contributed by atoms with Crippen LogP contribution in [0.2, 0.25) is 0 Å². The van der Waals surface area contributed by atoms with Gasteiger partial charge < -0.3 is 20.1 Å². The average molecular weight is 564 g/mol. The van der Waals surface area contributed by atoms with Crippen LogP contribution in [-0.2, 0) is 15.1 Å². The molecule has 1 aliphatic heterocycles. The monoisotopic (exact) mass is 563 g/mol. The molecule has 1 amide bonds. The Hall–Kier alpha value is -2.98. The largest absolute Gasteiger partial charge is 0.393 e. The third kappa shape index (κ3) is 5.36. The lowest BCUT2D eigenvalue weighted by Crippen LogP contribution is -2.54. The molecule has 3 aromatic rings. The standard InChI is InChI=1S/C31H45N7O3/c1-21(19-41-4)34-29-32-17-27-25(15-26(38(27)35-29)22-7-9-24(39)10-8-22)23-16-33-37(18-23)30(2,3)28(40)36-14-6-13-31(20-36)11-5-12-31/h15-18,21-22,24,39H,5-14,19-20H2,1-4H3,(H,34,35)/t21-,22?,24?/m0/s1. The molecule has 1 saturated heterocycles. The van der Waals surface area contributed by atoms with Gasteiger partial charge in [-0.3, -0.25) is 9.48 Å². The van der Waals surface area contributed by atoms with E-state index in [1.165, 1.54) is 25.7 Å². The van der Waals surface area contributed by atoms with E-state index in [1.807, 2.05) is 48.6 Å². The number of anilines is 1. The highest BCUT2D eigenvalue weighted by Gasteiger charge is 2.44. The summed E-state index contributed by atoms with van der Waals surface area (Å²) in [5.74, 6) is 0.991. The predicted molar refractivity (Wildman–Crippen MR) is 158 cm³/mol. The molecule has 10 nitrogen and oxygen atoms in total. The van der Waals surface area contributed by atoms with Crippen LogP contribution in [0.3, 0.4) is 0 Å². The van der Waals surface area contributed by atoms with Crippen LogP contribution in [0, 0.1) is 5.41 Å². The molecule has 6 rings (SSSR count). The number of aromatic nitrogens is 5. The fraction of sp³-hybridized carbons (Fsp3) is 0.677. The number of carbonyl (C=O) groups excluding carboxylic acids is 1. The molecule has 3 aromatic heterocycles. The number of aliphatic hydroxyl groups is 1. The van der Waals surface area contributed by atoms with Crippen LogP contribution in [0.4, 0.5) is 5.95 Å². The number of piperidine rings is 1. The predicted octanol–water partition coefficient (Wildman–Crippen LogP) is 4.59. The van der Waals surface area contributed by atoms with Crippen molar-refractivity contribution < 1.29 is 14.6 Å². The second kappa shape index (κ2) is 11.0. The summed E-state index contributed by atoms with van der Waals surface area (Å²) >= 11 is 0. The van der Waals surface area contributed by atoms with Crippen LogP contribution in [0.5, 0.6) is 0 Å². The molecule has 2 saturated carbocycles. The van der Waals surface area contributed by atoms with Gasteiger partial charge in [-0.2, -0.15) is 5.10 Å². The van der Waals surface area contributed by atoms with E-state index in [0.29, 0.717) is 23.9 Å². The lowest BCUT2D eigenvalue weighted by molar-refractivity contribution is -0.145. The van der Waals surface area contributed by atoms with E-state index >= 15 is 0 Å². The van der Waals surface area contributed by atoms with Gasteiger partial charge in [-0.1, -0.05) is 6.42 Å². The maximum atomic E-state index is 13.8. The van der Waals surface area contributed by atoms with Crippen molar-refractivity contribution in [3.63, 3.8) is 0 Å². The van der Waals surface area contributed by atoms with Gasteiger partial charge >= 0.3 is 0 Å². The summed E-state index contributed by atoms with van der Waals surface area (Å²) in [7, 11) is 1.68. The van der Waals surface area contributed by atoms with E-state index in [2.05, 4.69) is 21.3 Å². The Kier molecular flexibility index (Phi) is 7.57. The minimum atomic E-state index is -0.788. The molecule has 2 aliphatic carbocycles. The third-order valence-electron chi connectivity index (χ3n) is 9.80. The number of nitrogens with one attached hydrogen (secondary N) is 1. The molecule has 222 valence electrons. The number of nitrogens with zero attached hydrogens (tertiary/aromatic N) is 6. The molecular weight excluding hydrogens is 518 g/mol. The Balaban J connectivity index is 1.31. The molecule has 0 aromatic carbocycles. The van der Waals surface area contributed by atoms with E-state index in [-0.39, 0.29) is 18.1 Å². The molecule has 4 heterocycles. The van der Waals surface area contributed by atoms with Gasteiger partial charge in [0.25, 0.3) is 0 Å². The number of carbonyl (C=O) groups is 1. The normalized spacial score (nSPS) is 23.5. The number of ether oxygens (including phenoxy) is 1. The summed E-state index contributed by atoms with van der Waals surface area (Å²) in [5, 5.41) is 23.1. The molecule has 2 N–H and O–H groups in total. The molecule has 1 atom stereocenters. The zero-order chi connectivity index (χ0) is 28.8. The van der Waals surface area contributed by atoms with Crippen molar-refractivity contribution in [2.24, 2.45) is 5.41 Å². The summed E-state index contributed by atoms with van der Waals surface area (Å²) in [6, 6.07) is 2.27. The number of hydrogen-bond donors (Lipinski definition) is 2. The second-order valence-electron chi connectivity index (χ2n) is 13.3. The molecular formula is C31H45N7O3. The highest BCUT2D eigenvalue weighted by molar-refractivity contribution is 5.85. The van der Waals surface area contributed by atoms with Crippen LogP contribution in [0.15, 0.2) is 24.7 Å². The summed E-state index contributed by atoms with van der Waals surface area (Å²) < 4.78 is 9.11. The summed E-state index contributed by atoms with van der Waals surface area (Å²) in [6.45, 7) is 8.26. The van der Waals surface area contributed by atoms with Crippen molar-refractivity contribution in [3.05, 3.63) is 30.4 Å². The van der Waals surface area contributed by atoms with E-state index < -0.39 is 5.54 Å². The first kappa shape index (κ1) is 28.2. The van der Waals surface area contributed by atoms with Crippen LogP contribution in [-0.4, -0.2) is 79.2 Å². The second-order valence-corrected chi connectivity index (χ2v) is 13.3. The maximum absolute atomic E-state index is 13.8. The van der Waals surface area contributed by atoms with Gasteiger partial charge in [0.1, 0.15) is 5.54 Å². The van der Waals surface area contributed by atoms with Crippen molar-refractivity contribution in [3.8, 4) is 11.1 Å². The molecule has 0 unspecified atom stereocenters. The van der Waals surface area contributed by atoms with E-state index in [9.17, 15) is 9.90 Å². The number of hydrogen-bond acceptors (Lipinski definition) is 7. The minimum absolute atomic E-state index is 0.0674. The first-order valence-corrected chi connectivity index (χ1v) is 15.4. The summed E-state index contributed by atoms with van der Waals surface area (Å²) in [6.07, 6.45) is 15.0. The first-order valence-electron chi connectivity index (χ1n) is 15.4. The van der Waals surface area contributed by atoms with E-state index in [1.54, 1.807) is 7.11 Å². The van der Waals surface area contributed by atoms with Crippen LogP contribution in [0.1, 0.15) is 90.2 Å². The first-order chi connectivity index (χ1) is 19.7. The van der Waals surface area contributed by atoms with Crippen LogP contribution >= 0.6 is 0 Å². The molecule has 3 fully saturated rings. The van der Waals surface area contributed by atoms with Gasteiger partial charge in [0, 0.05) is 55.2 Å². The number of methoxy groups -OCH3 is 1. The number of aliphatic hydroxyl groups excluding tert-OH is 1. The zero-order valence-electron chi connectivity index (χ0n) is 25.0. The molecule has 1 spiro atoms. The lowest BCUT2D eigenvalue weighted by Gasteiger charge is -2.50. The maximum Gasteiger partial charge on any atom is 0.249 e. The quantitative estimate of drug-likeness (QED) is 0.413. The fourth-order valence-corrected chi connectivity index (χ4v) is 7.21. The zero-order valence-corrected chi connectivity index (χ0v) is 25.0. The molecule has 0 radical (unpaired) electrons. The number of rotatable bonds is 8. The highest BCUT2D eigenvalue weighted by atomic mass is 16.5. The van der Waals surface area contributed by atoms with E-state index in [0.717, 1.165) is 67.5 Å². The van der Waals surface area contributed by atoms with Crippen molar-refractivity contribution >= 4 is 17.4 Å². The van der Waals surface area contributed by atoms with Gasteiger partial charge in [-0.25, -0.2) is 9.50 Å². The Morgan fingerprint density at radius 1 is 1.20 bits per heavy atom. The topological polar surface area (TPSA) is 110 Å². The van der Waals surface area contributed by atoms with Crippen LogP contribution < -0.4 is 5.32 Å². The Morgan fingerprint density at radius 2 is 1.95 bits per heavy atom. The van der Waals surface area contributed by atoms with Gasteiger partial charge in [0.2, 0.25) is 11.9 Å². The van der Waals surface area contributed by atoms with Gasteiger partial charge in [-0.15, -0.1) is 5.10 Å². The van der Waals surface area contributed by atoms with Gasteiger partial charge in [0.05, 0.1) is 30.6 Å². The molecule has 10 heteroatoms. The lowest BCUT2D eigenvalue weighted by atomic mass is 9.64. The van der Waals surface area contributed by atoms with Crippen molar-refractivity contribution in [1.29, 1.82) is 0 Å². The van der Waals surface area contributed by atoms with Crippen molar-refractivity contribution in [1.82, 2.24) is 29.3 Å². The number of likely N-dealkylation sites (tertiary alicyclic amines) is 1. The Bertz CT molecular complexity index is 1380. The van der Waals surface area contributed by atoms with Crippen molar-refractivity contribution in [2.75, 3.05) is 32.1 Å². The van der Waals surface area contributed by atoms with Crippen LogP contribution in [0.25, 0.3) is 16.6 Å². The smallest absolute Gasteiger partial charge is 0.249 e. The number of fused-ring (bicyclic) bond motifs is 1. The Morgan fingerprint density at radius 3 is 2.66 bits per heavy atom. The highest BCUT2D eigenvalue weighted by Crippen LogP contribution is 2.48. The molecule has 0 bridgehead atoms. The minimum Gasteiger partial charge on any atom is -0.393 e. The molecule has 3 aliphatic rings. The van der Waals surface area contributed by atoms with Crippen molar-refractivity contribution in [2.45, 2.75) is 102 Å². The fourth-order valence-electron chi connectivity index (χ4n) is 7.21.